The Morgan fingerprint density at radius 2 is 2.11 bits per heavy atom. The van der Waals surface area contributed by atoms with E-state index in [9.17, 15) is 4.79 Å². The Morgan fingerprint density at radius 3 is 2.68 bits per heavy atom. The molecule has 0 fully saturated rings. The van der Waals surface area contributed by atoms with E-state index in [-0.39, 0.29) is 6.61 Å². The molecule has 0 aliphatic rings. The van der Waals surface area contributed by atoms with Crippen molar-refractivity contribution in [2.24, 2.45) is 0 Å². The summed E-state index contributed by atoms with van der Waals surface area (Å²) in [5.41, 5.74) is 2.23. The number of rotatable bonds is 1. The molecule has 0 atom stereocenters. The first kappa shape index (κ1) is 13.5. The van der Waals surface area contributed by atoms with Crippen molar-refractivity contribution in [1.82, 2.24) is 9.55 Å². The Kier molecular flexibility index (Phi) is 3.32. The molecule has 5 nitrogen and oxygen atoms in total. The van der Waals surface area contributed by atoms with Crippen LogP contribution in [0.25, 0.3) is 11.0 Å². The average molecular weight is 262 g/mol. The smallest absolute Gasteiger partial charge is 0.419 e. The highest BCUT2D eigenvalue weighted by atomic mass is 16.6. The summed E-state index contributed by atoms with van der Waals surface area (Å²) in [6.07, 6.45) is 1.16. The zero-order valence-corrected chi connectivity index (χ0v) is 11.6. The number of hydrogen-bond acceptors (Lipinski definition) is 4. The van der Waals surface area contributed by atoms with Crippen molar-refractivity contribution in [2.75, 3.05) is 0 Å². The Hall–Kier alpha value is -1.88. The van der Waals surface area contributed by atoms with Crippen LogP contribution in [0.3, 0.4) is 0 Å². The second kappa shape index (κ2) is 4.66. The summed E-state index contributed by atoms with van der Waals surface area (Å²) < 4.78 is 6.86. The highest BCUT2D eigenvalue weighted by Crippen LogP contribution is 2.21. The van der Waals surface area contributed by atoms with Gasteiger partial charge in [-0.15, -0.1) is 0 Å². The lowest BCUT2D eigenvalue weighted by atomic mass is 10.2. The van der Waals surface area contributed by atoms with Crippen LogP contribution in [0.5, 0.6) is 0 Å². The highest BCUT2D eigenvalue weighted by molar-refractivity contribution is 5.89. The Bertz CT molecular complexity index is 623. The zero-order valence-electron chi connectivity index (χ0n) is 11.6. The topological polar surface area (TPSA) is 64.4 Å². The van der Waals surface area contributed by atoms with Gasteiger partial charge in [-0.3, -0.25) is 4.98 Å². The molecule has 2 aromatic heterocycles. The van der Waals surface area contributed by atoms with Crippen LogP contribution in [-0.4, -0.2) is 26.4 Å². The van der Waals surface area contributed by atoms with E-state index in [1.807, 2.05) is 33.8 Å². The molecule has 0 amide bonds. The summed E-state index contributed by atoms with van der Waals surface area (Å²) in [5.74, 6) is 0. The van der Waals surface area contributed by atoms with E-state index in [2.05, 4.69) is 4.98 Å². The molecule has 0 saturated carbocycles. The minimum absolute atomic E-state index is 0.110. The van der Waals surface area contributed by atoms with Crippen molar-refractivity contribution >= 4 is 17.1 Å². The second-order valence-electron chi connectivity index (χ2n) is 5.51. The molecule has 0 aliphatic heterocycles. The van der Waals surface area contributed by atoms with Gasteiger partial charge in [-0.05, 0) is 45.4 Å². The Morgan fingerprint density at radius 1 is 1.42 bits per heavy atom. The third kappa shape index (κ3) is 2.76. The first-order chi connectivity index (χ1) is 8.81. The molecule has 0 radical (unpaired) electrons. The zero-order chi connectivity index (χ0) is 14.2. The van der Waals surface area contributed by atoms with Crippen LogP contribution in [0.15, 0.2) is 18.3 Å². The second-order valence-corrected chi connectivity index (χ2v) is 5.51. The van der Waals surface area contributed by atoms with Crippen LogP contribution in [0.4, 0.5) is 4.79 Å². The van der Waals surface area contributed by atoms with E-state index in [0.29, 0.717) is 16.6 Å². The molecular formula is C14H18N2O3. The lowest BCUT2D eigenvalue weighted by Crippen LogP contribution is -2.27. The molecule has 102 valence electrons. The van der Waals surface area contributed by atoms with Crippen LogP contribution in [0.2, 0.25) is 0 Å². The number of aliphatic hydroxyl groups is 1. The normalized spacial score (nSPS) is 11.8. The molecule has 1 N–H and O–H groups in total. The van der Waals surface area contributed by atoms with Gasteiger partial charge in [-0.2, -0.15) is 0 Å². The molecule has 19 heavy (non-hydrogen) atoms. The van der Waals surface area contributed by atoms with Gasteiger partial charge < -0.3 is 9.84 Å². The first-order valence-electron chi connectivity index (χ1n) is 6.13. The van der Waals surface area contributed by atoms with Gasteiger partial charge in [-0.1, -0.05) is 0 Å². The third-order valence-electron chi connectivity index (χ3n) is 2.65. The van der Waals surface area contributed by atoms with Gasteiger partial charge in [-0.25, -0.2) is 9.36 Å². The number of hydrogen-bond donors (Lipinski definition) is 1. The lowest BCUT2D eigenvalue weighted by molar-refractivity contribution is 0.0541. The van der Waals surface area contributed by atoms with Gasteiger partial charge in [0.15, 0.2) is 0 Å². The van der Waals surface area contributed by atoms with Crippen molar-refractivity contribution in [2.45, 2.75) is 39.9 Å². The number of pyridine rings is 1. The fourth-order valence-corrected chi connectivity index (χ4v) is 1.88. The molecule has 2 rings (SSSR count). The number of aliphatic hydroxyl groups excluding tert-OH is 1. The van der Waals surface area contributed by atoms with Gasteiger partial charge in [0.25, 0.3) is 0 Å². The fourth-order valence-electron chi connectivity index (χ4n) is 1.88. The number of aryl methyl sites for hydroxylation is 1. The molecule has 2 heterocycles. The number of ether oxygens (including phenoxy) is 1. The average Bonchev–Trinajstić information content (AvgIpc) is 2.61. The van der Waals surface area contributed by atoms with Crippen LogP contribution in [0, 0.1) is 6.92 Å². The molecule has 5 heteroatoms. The predicted molar refractivity (Wildman–Crippen MR) is 72.0 cm³/mol. The number of fused-ring (bicyclic) bond motifs is 1. The number of carbonyl (C=O) groups is 1. The van der Waals surface area contributed by atoms with Gasteiger partial charge in [0.2, 0.25) is 0 Å². The van der Waals surface area contributed by atoms with Crippen molar-refractivity contribution < 1.29 is 14.6 Å². The summed E-state index contributed by atoms with van der Waals surface area (Å²) >= 11 is 0. The van der Waals surface area contributed by atoms with E-state index < -0.39 is 11.7 Å². The molecular weight excluding hydrogens is 244 g/mol. The van der Waals surface area contributed by atoms with Crippen LogP contribution >= 0.6 is 0 Å². The first-order valence-corrected chi connectivity index (χ1v) is 6.13. The Balaban J connectivity index is 2.52. The molecule has 2 aromatic rings. The number of aromatic nitrogens is 2. The quantitative estimate of drug-likeness (QED) is 0.858. The van der Waals surface area contributed by atoms with Crippen molar-refractivity contribution in [3.63, 3.8) is 0 Å². The maximum absolute atomic E-state index is 12.2. The molecule has 0 unspecified atom stereocenters. The monoisotopic (exact) mass is 262 g/mol. The summed E-state index contributed by atoms with van der Waals surface area (Å²) in [7, 11) is 0. The van der Waals surface area contributed by atoms with E-state index >= 15 is 0 Å². The maximum Gasteiger partial charge on any atom is 0.419 e. The van der Waals surface area contributed by atoms with Crippen LogP contribution in [0.1, 0.15) is 32.0 Å². The Labute approximate surface area is 111 Å². The van der Waals surface area contributed by atoms with Crippen LogP contribution in [-0.2, 0) is 11.3 Å². The minimum Gasteiger partial charge on any atom is -0.443 e. The van der Waals surface area contributed by atoms with Crippen molar-refractivity contribution in [3.05, 3.63) is 29.6 Å². The lowest BCUT2D eigenvalue weighted by Gasteiger charge is -2.20. The SMILES string of the molecule is Cc1cc2ncc(CO)cc2n1C(=O)OC(C)(C)C. The molecule has 0 aromatic carbocycles. The summed E-state index contributed by atoms with van der Waals surface area (Å²) in [4.78, 5) is 16.4. The van der Waals surface area contributed by atoms with Gasteiger partial charge in [0.1, 0.15) is 5.60 Å². The van der Waals surface area contributed by atoms with E-state index in [4.69, 9.17) is 9.84 Å². The van der Waals surface area contributed by atoms with E-state index in [1.165, 1.54) is 4.57 Å². The van der Waals surface area contributed by atoms with E-state index in [1.54, 1.807) is 12.3 Å². The van der Waals surface area contributed by atoms with Gasteiger partial charge in [0.05, 0.1) is 17.6 Å². The number of carbonyl (C=O) groups excluding carboxylic acids is 1. The van der Waals surface area contributed by atoms with Gasteiger partial charge >= 0.3 is 6.09 Å². The fraction of sp³-hybridized carbons (Fsp3) is 0.429. The minimum atomic E-state index is -0.553. The molecule has 0 spiro atoms. The highest BCUT2D eigenvalue weighted by Gasteiger charge is 2.21. The van der Waals surface area contributed by atoms with Crippen molar-refractivity contribution in [3.8, 4) is 0 Å². The standard InChI is InChI=1S/C14H18N2O3/c1-9-5-11-12(6-10(8-17)7-15-11)16(9)13(18)19-14(2,3)4/h5-7,17H,8H2,1-4H3. The molecule has 0 saturated heterocycles. The summed E-state index contributed by atoms with van der Waals surface area (Å²) in [6, 6.07) is 3.57. The van der Waals surface area contributed by atoms with E-state index in [0.717, 1.165) is 5.69 Å². The van der Waals surface area contributed by atoms with Gasteiger partial charge in [0, 0.05) is 11.9 Å². The number of nitrogens with zero attached hydrogens (tertiary/aromatic N) is 2. The largest absolute Gasteiger partial charge is 0.443 e. The maximum atomic E-state index is 12.2. The van der Waals surface area contributed by atoms with Crippen LogP contribution < -0.4 is 0 Å². The third-order valence-corrected chi connectivity index (χ3v) is 2.65. The molecule has 0 bridgehead atoms. The predicted octanol–water partition coefficient (Wildman–Crippen LogP) is 2.62. The summed E-state index contributed by atoms with van der Waals surface area (Å²) in [6.45, 7) is 7.18. The van der Waals surface area contributed by atoms with Crippen molar-refractivity contribution in [1.29, 1.82) is 0 Å². The molecule has 0 aliphatic carbocycles. The summed E-state index contributed by atoms with van der Waals surface area (Å²) in [5, 5.41) is 9.15.